The minimum atomic E-state index is -0.321. The molecule has 2 heterocycles. The van der Waals surface area contributed by atoms with Crippen molar-refractivity contribution < 1.29 is 4.79 Å². The van der Waals surface area contributed by atoms with Crippen molar-refractivity contribution in [1.29, 1.82) is 0 Å². The fraction of sp³-hybridized carbons (Fsp3) is 0.500. The van der Waals surface area contributed by atoms with Gasteiger partial charge in [0.05, 0.1) is 5.56 Å². The SMILES string of the molecule is CNc1sc2c(c1C(N)=O)CCNCC2. The van der Waals surface area contributed by atoms with Gasteiger partial charge < -0.3 is 16.4 Å². The van der Waals surface area contributed by atoms with E-state index in [0.717, 1.165) is 36.5 Å². The van der Waals surface area contributed by atoms with E-state index in [1.165, 1.54) is 4.88 Å². The first-order chi connectivity index (χ1) is 7.24. The van der Waals surface area contributed by atoms with Crippen molar-refractivity contribution in [2.45, 2.75) is 12.8 Å². The van der Waals surface area contributed by atoms with Gasteiger partial charge in [0.25, 0.3) is 5.91 Å². The van der Waals surface area contributed by atoms with Crippen LogP contribution in [0, 0.1) is 0 Å². The molecule has 4 N–H and O–H groups in total. The molecule has 1 aromatic heterocycles. The molecule has 5 heteroatoms. The Labute approximate surface area is 92.9 Å². The Hall–Kier alpha value is -1.07. The molecule has 0 aromatic carbocycles. The summed E-state index contributed by atoms with van der Waals surface area (Å²) in [7, 11) is 1.83. The predicted octanol–water partition coefficient (Wildman–Crippen LogP) is 0.577. The number of carbonyl (C=O) groups excluding carboxylic acids is 1. The van der Waals surface area contributed by atoms with Crippen molar-refractivity contribution in [3.05, 3.63) is 16.0 Å². The third-order valence-corrected chi connectivity index (χ3v) is 3.95. The van der Waals surface area contributed by atoms with Gasteiger partial charge in [-0.15, -0.1) is 11.3 Å². The molecule has 2 rings (SSSR count). The lowest BCUT2D eigenvalue weighted by Crippen LogP contribution is -2.18. The van der Waals surface area contributed by atoms with Gasteiger partial charge in [0.1, 0.15) is 5.00 Å². The Balaban J connectivity index is 2.49. The van der Waals surface area contributed by atoms with E-state index in [-0.39, 0.29) is 5.91 Å². The zero-order chi connectivity index (χ0) is 10.8. The lowest BCUT2D eigenvalue weighted by Gasteiger charge is -2.02. The summed E-state index contributed by atoms with van der Waals surface area (Å²) in [5.41, 5.74) is 7.25. The average molecular weight is 225 g/mol. The maximum atomic E-state index is 11.4. The zero-order valence-electron chi connectivity index (χ0n) is 8.72. The van der Waals surface area contributed by atoms with Gasteiger partial charge >= 0.3 is 0 Å². The molecule has 0 atom stereocenters. The summed E-state index contributed by atoms with van der Waals surface area (Å²) in [6.45, 7) is 1.90. The van der Waals surface area contributed by atoms with Gasteiger partial charge in [-0.25, -0.2) is 0 Å². The second-order valence-corrected chi connectivity index (χ2v) is 4.68. The van der Waals surface area contributed by atoms with Crippen molar-refractivity contribution >= 4 is 22.2 Å². The lowest BCUT2D eigenvalue weighted by atomic mass is 10.1. The Bertz CT molecular complexity index is 386. The van der Waals surface area contributed by atoms with Crippen molar-refractivity contribution in [2.75, 3.05) is 25.5 Å². The number of carbonyl (C=O) groups is 1. The molecule has 0 saturated carbocycles. The molecule has 1 aliphatic rings. The lowest BCUT2D eigenvalue weighted by molar-refractivity contribution is 0.100. The highest BCUT2D eigenvalue weighted by molar-refractivity contribution is 7.16. The van der Waals surface area contributed by atoms with E-state index in [2.05, 4.69) is 10.6 Å². The molecule has 1 amide bonds. The number of anilines is 1. The van der Waals surface area contributed by atoms with Crippen LogP contribution in [0.15, 0.2) is 0 Å². The Kier molecular flexibility index (Phi) is 2.93. The molecule has 4 nitrogen and oxygen atoms in total. The highest BCUT2D eigenvalue weighted by Crippen LogP contribution is 2.34. The molecule has 1 aliphatic heterocycles. The summed E-state index contributed by atoms with van der Waals surface area (Å²) < 4.78 is 0. The van der Waals surface area contributed by atoms with Gasteiger partial charge in [0.2, 0.25) is 0 Å². The Morgan fingerprint density at radius 1 is 1.47 bits per heavy atom. The van der Waals surface area contributed by atoms with Gasteiger partial charge in [-0.1, -0.05) is 0 Å². The number of amides is 1. The number of nitrogens with two attached hydrogens (primary N) is 1. The molecule has 0 unspecified atom stereocenters. The van der Waals surface area contributed by atoms with Crippen LogP contribution in [-0.2, 0) is 12.8 Å². The van der Waals surface area contributed by atoms with Crippen LogP contribution in [0.25, 0.3) is 0 Å². The smallest absolute Gasteiger partial charge is 0.251 e. The number of hydrogen-bond acceptors (Lipinski definition) is 4. The van der Waals surface area contributed by atoms with E-state index in [0.29, 0.717) is 5.56 Å². The first-order valence-electron chi connectivity index (χ1n) is 5.07. The molecule has 0 saturated heterocycles. The fourth-order valence-corrected chi connectivity index (χ4v) is 3.16. The minimum Gasteiger partial charge on any atom is -0.379 e. The Morgan fingerprint density at radius 2 is 2.20 bits per heavy atom. The van der Waals surface area contributed by atoms with Crippen molar-refractivity contribution in [2.24, 2.45) is 5.73 Å². The fourth-order valence-electron chi connectivity index (χ4n) is 1.96. The standard InChI is InChI=1S/C10H15N3OS/c1-12-10-8(9(11)14)6-2-4-13-5-3-7(6)15-10/h12-13H,2-5H2,1H3,(H2,11,14). The normalized spacial score (nSPS) is 15.5. The van der Waals surface area contributed by atoms with E-state index in [1.807, 2.05) is 7.05 Å². The predicted molar refractivity (Wildman–Crippen MR) is 62.7 cm³/mol. The van der Waals surface area contributed by atoms with Crippen LogP contribution in [0.2, 0.25) is 0 Å². The summed E-state index contributed by atoms with van der Waals surface area (Å²) in [4.78, 5) is 12.7. The largest absolute Gasteiger partial charge is 0.379 e. The van der Waals surface area contributed by atoms with Crippen LogP contribution in [-0.4, -0.2) is 26.0 Å². The van der Waals surface area contributed by atoms with E-state index >= 15 is 0 Å². The second-order valence-electron chi connectivity index (χ2n) is 3.57. The number of fused-ring (bicyclic) bond motifs is 1. The third kappa shape index (κ3) is 1.85. The first kappa shape index (κ1) is 10.4. The van der Waals surface area contributed by atoms with E-state index in [4.69, 9.17) is 5.73 Å². The third-order valence-electron chi connectivity index (χ3n) is 2.64. The zero-order valence-corrected chi connectivity index (χ0v) is 9.54. The van der Waals surface area contributed by atoms with Gasteiger partial charge in [-0.05, 0) is 31.5 Å². The second kappa shape index (κ2) is 4.20. The molecule has 0 fully saturated rings. The average Bonchev–Trinajstić information content (AvgIpc) is 2.42. The van der Waals surface area contributed by atoms with Crippen LogP contribution >= 0.6 is 11.3 Å². The monoisotopic (exact) mass is 225 g/mol. The summed E-state index contributed by atoms with van der Waals surface area (Å²) >= 11 is 1.65. The molecule has 0 aliphatic carbocycles. The van der Waals surface area contributed by atoms with E-state index in [1.54, 1.807) is 11.3 Å². The number of primary amides is 1. The van der Waals surface area contributed by atoms with Crippen LogP contribution in [0.4, 0.5) is 5.00 Å². The van der Waals surface area contributed by atoms with Crippen LogP contribution in [0.1, 0.15) is 20.8 Å². The van der Waals surface area contributed by atoms with Gasteiger partial charge in [-0.3, -0.25) is 4.79 Å². The maximum absolute atomic E-state index is 11.4. The quantitative estimate of drug-likeness (QED) is 0.689. The summed E-state index contributed by atoms with van der Waals surface area (Å²) in [6, 6.07) is 0. The van der Waals surface area contributed by atoms with Crippen LogP contribution < -0.4 is 16.4 Å². The van der Waals surface area contributed by atoms with Crippen molar-refractivity contribution in [3.63, 3.8) is 0 Å². The molecule has 0 radical (unpaired) electrons. The molecular weight excluding hydrogens is 210 g/mol. The molecule has 1 aromatic rings. The number of rotatable bonds is 2. The highest BCUT2D eigenvalue weighted by Gasteiger charge is 2.22. The highest BCUT2D eigenvalue weighted by atomic mass is 32.1. The Morgan fingerprint density at radius 3 is 2.87 bits per heavy atom. The molecule has 0 spiro atoms. The number of thiophene rings is 1. The summed E-state index contributed by atoms with van der Waals surface area (Å²) in [5, 5.41) is 7.28. The molecule has 0 bridgehead atoms. The van der Waals surface area contributed by atoms with Gasteiger partial charge in [0, 0.05) is 11.9 Å². The van der Waals surface area contributed by atoms with Gasteiger partial charge in [-0.2, -0.15) is 0 Å². The molecular formula is C10H15N3OS. The van der Waals surface area contributed by atoms with Gasteiger partial charge in [0.15, 0.2) is 0 Å². The van der Waals surface area contributed by atoms with Crippen LogP contribution in [0.5, 0.6) is 0 Å². The van der Waals surface area contributed by atoms with E-state index in [9.17, 15) is 4.79 Å². The van der Waals surface area contributed by atoms with Crippen molar-refractivity contribution in [3.8, 4) is 0 Å². The van der Waals surface area contributed by atoms with Crippen LogP contribution in [0.3, 0.4) is 0 Å². The summed E-state index contributed by atoms with van der Waals surface area (Å²) in [6.07, 6.45) is 1.88. The minimum absolute atomic E-state index is 0.321. The summed E-state index contributed by atoms with van der Waals surface area (Å²) in [5.74, 6) is -0.321. The first-order valence-corrected chi connectivity index (χ1v) is 5.88. The van der Waals surface area contributed by atoms with E-state index < -0.39 is 0 Å². The number of nitrogens with one attached hydrogen (secondary N) is 2. The molecule has 15 heavy (non-hydrogen) atoms. The topological polar surface area (TPSA) is 67.1 Å². The number of hydrogen-bond donors (Lipinski definition) is 3. The maximum Gasteiger partial charge on any atom is 0.251 e. The van der Waals surface area contributed by atoms with Crippen molar-refractivity contribution in [1.82, 2.24) is 5.32 Å². The molecule has 82 valence electrons.